The van der Waals surface area contributed by atoms with E-state index in [-0.39, 0.29) is 24.4 Å². The van der Waals surface area contributed by atoms with Crippen LogP contribution in [0.2, 0.25) is 0 Å². The Balaban J connectivity index is 1.69. The number of carboxylic acid groups (broad SMARTS) is 1. The van der Waals surface area contributed by atoms with Gasteiger partial charge < -0.3 is 15.2 Å². The van der Waals surface area contributed by atoms with Crippen LogP contribution in [0.15, 0.2) is 54.6 Å². The fourth-order valence-corrected chi connectivity index (χ4v) is 4.19. The second-order valence-corrected chi connectivity index (χ2v) is 8.73. The SMILES string of the molecule is CCC(C)(NC(=O)c1ccc2ccccc2c1OCc1nc2cc(F)ccc2s1)C(=O)O. The molecule has 1 amide bonds. The van der Waals surface area contributed by atoms with Gasteiger partial charge in [-0.25, -0.2) is 14.2 Å². The third kappa shape index (κ3) is 4.13. The Hall–Kier alpha value is -3.52. The molecule has 1 unspecified atom stereocenters. The van der Waals surface area contributed by atoms with E-state index >= 15 is 0 Å². The summed E-state index contributed by atoms with van der Waals surface area (Å²) in [6.45, 7) is 3.25. The van der Waals surface area contributed by atoms with Crippen molar-refractivity contribution >= 4 is 44.2 Å². The first-order valence-corrected chi connectivity index (χ1v) is 10.9. The van der Waals surface area contributed by atoms with Crippen LogP contribution in [0.25, 0.3) is 21.0 Å². The maximum Gasteiger partial charge on any atom is 0.329 e. The number of thiazole rings is 1. The van der Waals surface area contributed by atoms with E-state index in [1.165, 1.54) is 30.4 Å². The average molecular weight is 453 g/mol. The molecular formula is C24H21FN2O4S. The number of nitrogens with one attached hydrogen (secondary N) is 1. The molecule has 4 aromatic rings. The molecule has 164 valence electrons. The molecule has 0 aliphatic rings. The quantitative estimate of drug-likeness (QED) is 0.405. The maximum absolute atomic E-state index is 13.5. The molecule has 0 bridgehead atoms. The van der Waals surface area contributed by atoms with Crippen molar-refractivity contribution in [1.29, 1.82) is 0 Å². The average Bonchev–Trinajstić information content (AvgIpc) is 3.18. The van der Waals surface area contributed by atoms with Crippen LogP contribution in [0.3, 0.4) is 0 Å². The lowest BCUT2D eigenvalue weighted by molar-refractivity contribution is -0.143. The topological polar surface area (TPSA) is 88.5 Å². The van der Waals surface area contributed by atoms with Crippen molar-refractivity contribution in [3.05, 3.63) is 71.0 Å². The zero-order valence-corrected chi connectivity index (χ0v) is 18.3. The summed E-state index contributed by atoms with van der Waals surface area (Å²) in [7, 11) is 0. The summed E-state index contributed by atoms with van der Waals surface area (Å²) in [5, 5.41) is 14.4. The number of ether oxygens (including phenoxy) is 1. The minimum absolute atomic E-state index is 0.0826. The molecule has 8 heteroatoms. The first-order chi connectivity index (χ1) is 15.3. The second kappa shape index (κ2) is 8.55. The van der Waals surface area contributed by atoms with Crippen molar-refractivity contribution in [3.63, 3.8) is 0 Å². The van der Waals surface area contributed by atoms with Gasteiger partial charge in [-0.15, -0.1) is 11.3 Å². The first kappa shape index (κ1) is 21.7. The molecule has 1 heterocycles. The molecule has 0 saturated carbocycles. The number of benzene rings is 3. The van der Waals surface area contributed by atoms with Crippen LogP contribution in [0.4, 0.5) is 4.39 Å². The molecule has 0 radical (unpaired) electrons. The van der Waals surface area contributed by atoms with E-state index in [0.29, 0.717) is 16.3 Å². The van der Waals surface area contributed by atoms with Gasteiger partial charge in [-0.2, -0.15) is 0 Å². The van der Waals surface area contributed by atoms with Crippen molar-refractivity contribution < 1.29 is 23.8 Å². The van der Waals surface area contributed by atoms with Gasteiger partial charge in [0.1, 0.15) is 28.7 Å². The lowest BCUT2D eigenvalue weighted by atomic mass is 9.97. The molecule has 6 nitrogen and oxygen atoms in total. The molecular weight excluding hydrogens is 431 g/mol. The fraction of sp³-hybridized carbons (Fsp3) is 0.208. The normalized spacial score (nSPS) is 13.1. The largest absolute Gasteiger partial charge is 0.485 e. The first-order valence-electron chi connectivity index (χ1n) is 10.1. The minimum atomic E-state index is -1.41. The van der Waals surface area contributed by atoms with Gasteiger partial charge in [0.2, 0.25) is 0 Å². The third-order valence-corrected chi connectivity index (χ3v) is 6.44. The highest BCUT2D eigenvalue weighted by Crippen LogP contribution is 2.32. The number of halogens is 1. The van der Waals surface area contributed by atoms with Gasteiger partial charge in [0.25, 0.3) is 5.91 Å². The molecule has 32 heavy (non-hydrogen) atoms. The molecule has 0 saturated heterocycles. The van der Waals surface area contributed by atoms with Crippen LogP contribution >= 0.6 is 11.3 Å². The van der Waals surface area contributed by atoms with Gasteiger partial charge in [-0.1, -0.05) is 37.3 Å². The zero-order valence-electron chi connectivity index (χ0n) is 17.5. The zero-order chi connectivity index (χ0) is 22.9. The Bertz CT molecular complexity index is 1340. The van der Waals surface area contributed by atoms with E-state index < -0.39 is 17.4 Å². The van der Waals surface area contributed by atoms with Crippen LogP contribution in [0.5, 0.6) is 5.75 Å². The summed E-state index contributed by atoms with van der Waals surface area (Å²) in [5.74, 6) is -1.67. The smallest absolute Gasteiger partial charge is 0.329 e. The number of carbonyl (C=O) groups excluding carboxylic acids is 1. The number of fused-ring (bicyclic) bond motifs is 2. The number of carboxylic acids is 1. The van der Waals surface area contributed by atoms with E-state index in [0.717, 1.165) is 15.5 Å². The van der Waals surface area contributed by atoms with Crippen molar-refractivity contribution in [2.75, 3.05) is 0 Å². The number of rotatable bonds is 7. The number of hydrogen-bond donors (Lipinski definition) is 2. The molecule has 3 aromatic carbocycles. The second-order valence-electron chi connectivity index (χ2n) is 7.62. The standard InChI is InChI=1S/C24H21FN2O4S/c1-3-24(2,23(29)30)27-22(28)17-10-8-14-6-4-5-7-16(14)21(17)31-13-20-26-18-12-15(25)9-11-19(18)32-20/h4-12H,3,13H2,1-2H3,(H,27,28)(H,29,30). The number of carbonyl (C=O) groups is 2. The lowest BCUT2D eigenvalue weighted by Gasteiger charge is -2.25. The Morgan fingerprint density at radius 1 is 1.19 bits per heavy atom. The van der Waals surface area contributed by atoms with Crippen LogP contribution < -0.4 is 10.1 Å². The summed E-state index contributed by atoms with van der Waals surface area (Å²) < 4.78 is 20.4. The van der Waals surface area contributed by atoms with Gasteiger partial charge in [0.15, 0.2) is 0 Å². The molecule has 4 rings (SSSR count). The highest BCUT2D eigenvalue weighted by molar-refractivity contribution is 7.18. The predicted octanol–water partition coefficient (Wildman–Crippen LogP) is 5.15. The summed E-state index contributed by atoms with van der Waals surface area (Å²) >= 11 is 1.38. The van der Waals surface area contributed by atoms with E-state index in [1.807, 2.05) is 24.3 Å². The van der Waals surface area contributed by atoms with Gasteiger partial charge in [0, 0.05) is 11.5 Å². The molecule has 2 N–H and O–H groups in total. The summed E-state index contributed by atoms with van der Waals surface area (Å²) in [6, 6.07) is 15.3. The summed E-state index contributed by atoms with van der Waals surface area (Å²) in [4.78, 5) is 29.1. The van der Waals surface area contributed by atoms with E-state index in [9.17, 15) is 19.1 Å². The number of amides is 1. The molecule has 0 fully saturated rings. The Morgan fingerprint density at radius 3 is 2.72 bits per heavy atom. The fourth-order valence-electron chi connectivity index (χ4n) is 3.33. The molecule has 1 aromatic heterocycles. The molecule has 0 aliphatic carbocycles. The molecule has 0 aliphatic heterocycles. The Kier molecular flexibility index (Phi) is 5.80. The van der Waals surface area contributed by atoms with Crippen molar-refractivity contribution in [1.82, 2.24) is 10.3 Å². The number of aromatic nitrogens is 1. The highest BCUT2D eigenvalue weighted by Gasteiger charge is 2.34. The van der Waals surface area contributed by atoms with Gasteiger partial charge >= 0.3 is 5.97 Å². The number of nitrogens with zero attached hydrogens (tertiary/aromatic N) is 1. The highest BCUT2D eigenvalue weighted by atomic mass is 32.1. The molecule has 0 spiro atoms. The number of hydrogen-bond acceptors (Lipinski definition) is 5. The third-order valence-electron chi connectivity index (χ3n) is 5.43. The van der Waals surface area contributed by atoms with Gasteiger partial charge in [-0.3, -0.25) is 4.79 Å². The predicted molar refractivity (Wildman–Crippen MR) is 122 cm³/mol. The lowest BCUT2D eigenvalue weighted by Crippen LogP contribution is -2.51. The van der Waals surface area contributed by atoms with Crippen LogP contribution in [0, 0.1) is 5.82 Å². The summed E-state index contributed by atoms with van der Waals surface area (Å²) in [6.07, 6.45) is 0.222. The van der Waals surface area contributed by atoms with Crippen molar-refractivity contribution in [2.45, 2.75) is 32.4 Å². The Morgan fingerprint density at radius 2 is 1.97 bits per heavy atom. The maximum atomic E-state index is 13.5. The van der Waals surface area contributed by atoms with Crippen LogP contribution in [0.1, 0.15) is 35.6 Å². The number of aliphatic carboxylic acids is 1. The minimum Gasteiger partial charge on any atom is -0.485 e. The van der Waals surface area contributed by atoms with E-state index in [4.69, 9.17) is 4.74 Å². The van der Waals surface area contributed by atoms with Crippen LogP contribution in [-0.2, 0) is 11.4 Å². The monoisotopic (exact) mass is 452 g/mol. The molecule has 1 atom stereocenters. The van der Waals surface area contributed by atoms with Gasteiger partial charge in [-0.05, 0) is 36.9 Å². The van der Waals surface area contributed by atoms with E-state index in [2.05, 4.69) is 10.3 Å². The van der Waals surface area contributed by atoms with Crippen LogP contribution in [-0.4, -0.2) is 27.5 Å². The van der Waals surface area contributed by atoms with Crippen molar-refractivity contribution in [2.24, 2.45) is 0 Å². The van der Waals surface area contributed by atoms with E-state index in [1.54, 1.807) is 25.1 Å². The van der Waals surface area contributed by atoms with Crippen molar-refractivity contribution in [3.8, 4) is 5.75 Å². The summed E-state index contributed by atoms with van der Waals surface area (Å²) in [5.41, 5.74) is -0.627. The van der Waals surface area contributed by atoms with Gasteiger partial charge in [0.05, 0.1) is 15.8 Å². The Labute approximate surface area is 187 Å².